The zero-order chi connectivity index (χ0) is 12.8. The molecule has 7 heteroatoms. The molecule has 94 valence electrons. The van der Waals surface area contributed by atoms with Gasteiger partial charge in [-0.3, -0.25) is 0 Å². The lowest BCUT2D eigenvalue weighted by Crippen LogP contribution is -2.27. The fourth-order valence-corrected chi connectivity index (χ4v) is 2.87. The second kappa shape index (κ2) is 6.61. The monoisotopic (exact) mass is 317 g/mol. The van der Waals surface area contributed by atoms with Crippen LogP contribution in [-0.2, 0) is 6.42 Å². The van der Waals surface area contributed by atoms with Crippen molar-refractivity contribution in [3.63, 3.8) is 0 Å². The summed E-state index contributed by atoms with van der Waals surface area (Å²) in [4.78, 5) is 9.17. The summed E-state index contributed by atoms with van der Waals surface area (Å²) in [5.74, 6) is 0.0576. The number of hydrogen-bond donors (Lipinski definition) is 3. The van der Waals surface area contributed by atoms with Crippen LogP contribution in [0.4, 0.5) is 0 Å². The Hall–Kier alpha value is -1.08. The molecule has 0 radical (unpaired) electrons. The third kappa shape index (κ3) is 5.18. The minimum absolute atomic E-state index is 0.0700. The number of thiophene rings is 1. The maximum atomic E-state index is 5.55. The van der Waals surface area contributed by atoms with E-state index in [1.54, 1.807) is 11.3 Å². The van der Waals surface area contributed by atoms with Gasteiger partial charge in [0.15, 0.2) is 5.96 Å². The Morgan fingerprint density at radius 1 is 1.47 bits per heavy atom. The minimum atomic E-state index is -0.0700. The molecule has 17 heavy (non-hydrogen) atoms. The number of aliphatic imine (C=N–C) groups is 2. The van der Waals surface area contributed by atoms with Gasteiger partial charge in [0.05, 0.1) is 6.04 Å². The molecule has 1 heterocycles. The van der Waals surface area contributed by atoms with E-state index in [4.69, 9.17) is 17.2 Å². The molecule has 5 nitrogen and oxygen atoms in total. The molecule has 0 aliphatic rings. The van der Waals surface area contributed by atoms with Crippen molar-refractivity contribution in [2.24, 2.45) is 27.2 Å². The van der Waals surface area contributed by atoms with Crippen LogP contribution < -0.4 is 17.2 Å². The first-order valence-corrected chi connectivity index (χ1v) is 6.81. The van der Waals surface area contributed by atoms with Gasteiger partial charge in [-0.25, -0.2) is 4.99 Å². The van der Waals surface area contributed by atoms with E-state index < -0.39 is 0 Å². The normalized spacial score (nSPS) is 13.4. The van der Waals surface area contributed by atoms with Crippen LogP contribution in [0.25, 0.3) is 0 Å². The summed E-state index contributed by atoms with van der Waals surface area (Å²) in [6.45, 7) is 1.98. The molecule has 1 rings (SSSR count). The second-order valence-electron chi connectivity index (χ2n) is 3.60. The first kappa shape index (κ1) is 14.0. The van der Waals surface area contributed by atoms with Gasteiger partial charge in [0.2, 0.25) is 5.96 Å². The summed E-state index contributed by atoms with van der Waals surface area (Å²) < 4.78 is 1.15. The summed E-state index contributed by atoms with van der Waals surface area (Å²) in [6.07, 6.45) is 1.86. The van der Waals surface area contributed by atoms with Crippen molar-refractivity contribution in [2.75, 3.05) is 0 Å². The first-order chi connectivity index (χ1) is 7.99. The number of nitrogens with zero attached hydrogens (tertiary/aromatic N) is 2. The molecular weight excluding hydrogens is 302 g/mol. The predicted octanol–water partition coefficient (Wildman–Crippen LogP) is 1.42. The average molecular weight is 318 g/mol. The van der Waals surface area contributed by atoms with E-state index >= 15 is 0 Å². The molecule has 0 bridgehead atoms. The lowest BCUT2D eigenvalue weighted by molar-refractivity contribution is 0.670. The topological polar surface area (TPSA) is 103 Å². The van der Waals surface area contributed by atoms with E-state index in [9.17, 15) is 0 Å². The van der Waals surface area contributed by atoms with Gasteiger partial charge in [-0.05, 0) is 47.1 Å². The van der Waals surface area contributed by atoms with Crippen molar-refractivity contribution in [3.8, 4) is 0 Å². The lowest BCUT2D eigenvalue weighted by Gasteiger charge is -2.05. The second-order valence-corrected chi connectivity index (χ2v) is 5.46. The largest absolute Gasteiger partial charge is 0.370 e. The van der Waals surface area contributed by atoms with E-state index in [1.807, 2.05) is 13.0 Å². The zero-order valence-corrected chi connectivity index (χ0v) is 12.0. The highest BCUT2D eigenvalue weighted by Crippen LogP contribution is 2.24. The number of nitrogens with two attached hydrogens (primary N) is 3. The standard InChI is InChI=1S/C10H16BrN5S/c1-6(15-10(14)16-9(12)13)2-3-8-7(11)4-5-17-8/h4-6H,2-3H2,1H3,(H6,12,13,14,15,16). The number of guanidine groups is 2. The Morgan fingerprint density at radius 3 is 2.71 bits per heavy atom. The fraction of sp³-hybridized carbons (Fsp3) is 0.400. The van der Waals surface area contributed by atoms with Gasteiger partial charge in [0, 0.05) is 9.35 Å². The van der Waals surface area contributed by atoms with Gasteiger partial charge in [-0.1, -0.05) is 0 Å². The van der Waals surface area contributed by atoms with Crippen LogP contribution in [0, 0.1) is 0 Å². The predicted molar refractivity (Wildman–Crippen MR) is 77.2 cm³/mol. The maximum absolute atomic E-state index is 5.55. The van der Waals surface area contributed by atoms with Crippen molar-refractivity contribution in [1.82, 2.24) is 0 Å². The summed E-state index contributed by atoms with van der Waals surface area (Å²) in [6, 6.07) is 2.13. The van der Waals surface area contributed by atoms with E-state index in [0.717, 1.165) is 17.3 Å². The van der Waals surface area contributed by atoms with E-state index in [0.29, 0.717) is 0 Å². The fourth-order valence-electron chi connectivity index (χ4n) is 1.29. The molecular formula is C10H16BrN5S. The van der Waals surface area contributed by atoms with Crippen LogP contribution in [0.5, 0.6) is 0 Å². The van der Waals surface area contributed by atoms with Crippen LogP contribution in [0.15, 0.2) is 25.9 Å². The van der Waals surface area contributed by atoms with E-state index in [-0.39, 0.29) is 18.0 Å². The highest BCUT2D eigenvalue weighted by molar-refractivity contribution is 9.10. The first-order valence-electron chi connectivity index (χ1n) is 5.14. The van der Waals surface area contributed by atoms with Crippen molar-refractivity contribution in [2.45, 2.75) is 25.8 Å². The molecule has 6 N–H and O–H groups in total. The molecule has 0 aliphatic carbocycles. The van der Waals surface area contributed by atoms with Gasteiger partial charge >= 0.3 is 0 Å². The Bertz CT molecular complexity index is 422. The highest BCUT2D eigenvalue weighted by Gasteiger charge is 2.05. The molecule has 0 amide bonds. The van der Waals surface area contributed by atoms with Gasteiger partial charge in [0.1, 0.15) is 0 Å². The van der Waals surface area contributed by atoms with Crippen LogP contribution in [0.2, 0.25) is 0 Å². The molecule has 0 spiro atoms. The van der Waals surface area contributed by atoms with Crippen molar-refractivity contribution in [1.29, 1.82) is 0 Å². The summed E-state index contributed by atoms with van der Waals surface area (Å²) in [5.41, 5.74) is 16.0. The van der Waals surface area contributed by atoms with Gasteiger partial charge in [0.25, 0.3) is 0 Å². The van der Waals surface area contributed by atoms with E-state index in [1.165, 1.54) is 4.88 Å². The number of rotatable bonds is 4. The third-order valence-corrected chi connectivity index (χ3v) is 4.06. The molecule has 1 aromatic heterocycles. The lowest BCUT2D eigenvalue weighted by atomic mass is 10.2. The number of hydrogen-bond acceptors (Lipinski definition) is 2. The Labute approximate surface area is 113 Å². The molecule has 0 aromatic carbocycles. The molecule has 1 aromatic rings. The van der Waals surface area contributed by atoms with Gasteiger partial charge in [-0.2, -0.15) is 4.99 Å². The Morgan fingerprint density at radius 2 is 2.18 bits per heavy atom. The van der Waals surface area contributed by atoms with Crippen molar-refractivity contribution >= 4 is 39.2 Å². The molecule has 1 unspecified atom stereocenters. The average Bonchev–Trinajstić information content (AvgIpc) is 2.59. The molecule has 0 aliphatic heterocycles. The Balaban J connectivity index is 2.48. The van der Waals surface area contributed by atoms with Crippen molar-refractivity contribution < 1.29 is 0 Å². The maximum Gasteiger partial charge on any atom is 0.218 e. The zero-order valence-electron chi connectivity index (χ0n) is 9.56. The van der Waals surface area contributed by atoms with E-state index in [2.05, 4.69) is 31.3 Å². The van der Waals surface area contributed by atoms with Crippen LogP contribution in [0.3, 0.4) is 0 Å². The number of halogens is 1. The Kier molecular flexibility index (Phi) is 5.43. The van der Waals surface area contributed by atoms with Crippen LogP contribution in [0.1, 0.15) is 18.2 Å². The summed E-state index contributed by atoms with van der Waals surface area (Å²) in [7, 11) is 0. The molecule has 0 saturated heterocycles. The third-order valence-electron chi connectivity index (χ3n) is 2.08. The van der Waals surface area contributed by atoms with Crippen molar-refractivity contribution in [3.05, 3.63) is 20.8 Å². The quantitative estimate of drug-likeness (QED) is 0.578. The molecule has 0 fully saturated rings. The minimum Gasteiger partial charge on any atom is -0.370 e. The SMILES string of the molecule is CC(CCc1sccc1Br)N=C(N)N=C(N)N. The molecule has 1 atom stereocenters. The van der Waals surface area contributed by atoms with Crippen LogP contribution >= 0.6 is 27.3 Å². The molecule has 0 saturated carbocycles. The van der Waals surface area contributed by atoms with Gasteiger partial charge < -0.3 is 17.2 Å². The van der Waals surface area contributed by atoms with Gasteiger partial charge in [-0.15, -0.1) is 11.3 Å². The highest BCUT2D eigenvalue weighted by atomic mass is 79.9. The number of aryl methyl sites for hydroxylation is 1. The summed E-state index contributed by atoms with van der Waals surface area (Å²) in [5, 5.41) is 2.06. The summed E-state index contributed by atoms with van der Waals surface area (Å²) >= 11 is 5.22. The van der Waals surface area contributed by atoms with Crippen LogP contribution in [-0.4, -0.2) is 18.0 Å². The smallest absolute Gasteiger partial charge is 0.218 e.